The first-order valence-corrected chi connectivity index (χ1v) is 7.32. The standard InChI is InChI=1S/C19H16N2O/c20-14-15-6-8-18(9-7-15)19(22)21-12-10-17(11-13-21)16-4-2-1-3-5-16/h1-10H,11-13H2. The third-order valence-corrected chi connectivity index (χ3v) is 3.90. The SMILES string of the molecule is N#Cc1ccc(C(=O)N2CC=C(c3ccccc3)CC2)cc1. The number of hydrogen-bond donors (Lipinski definition) is 0. The van der Waals surface area contributed by atoms with Gasteiger partial charge >= 0.3 is 0 Å². The first-order chi connectivity index (χ1) is 10.8. The van der Waals surface area contributed by atoms with E-state index in [9.17, 15) is 4.79 Å². The van der Waals surface area contributed by atoms with Crippen molar-refractivity contribution in [3.05, 3.63) is 77.4 Å². The van der Waals surface area contributed by atoms with E-state index in [0.717, 1.165) is 13.0 Å². The second kappa shape index (κ2) is 6.28. The smallest absolute Gasteiger partial charge is 0.254 e. The van der Waals surface area contributed by atoms with Gasteiger partial charge in [-0.1, -0.05) is 36.4 Å². The van der Waals surface area contributed by atoms with Gasteiger partial charge in [0.05, 0.1) is 11.6 Å². The first-order valence-electron chi connectivity index (χ1n) is 7.32. The predicted molar refractivity (Wildman–Crippen MR) is 86.1 cm³/mol. The highest BCUT2D eigenvalue weighted by molar-refractivity contribution is 5.94. The molecule has 0 aromatic heterocycles. The van der Waals surface area contributed by atoms with Crippen molar-refractivity contribution >= 4 is 11.5 Å². The van der Waals surface area contributed by atoms with Crippen LogP contribution in [0.15, 0.2) is 60.7 Å². The minimum atomic E-state index is 0.0212. The molecule has 1 heterocycles. The molecule has 0 saturated carbocycles. The van der Waals surface area contributed by atoms with E-state index in [2.05, 4.69) is 24.3 Å². The van der Waals surface area contributed by atoms with Gasteiger partial charge in [-0.05, 0) is 41.8 Å². The Morgan fingerprint density at radius 1 is 1.05 bits per heavy atom. The summed E-state index contributed by atoms with van der Waals surface area (Å²) in [5, 5.41) is 8.80. The average molecular weight is 288 g/mol. The van der Waals surface area contributed by atoms with Crippen LogP contribution in [-0.2, 0) is 0 Å². The van der Waals surface area contributed by atoms with Gasteiger partial charge < -0.3 is 4.90 Å². The molecule has 0 saturated heterocycles. The zero-order valence-electron chi connectivity index (χ0n) is 12.2. The molecule has 0 bridgehead atoms. The molecule has 0 fully saturated rings. The normalized spacial score (nSPS) is 14.1. The molecule has 1 aliphatic rings. The predicted octanol–water partition coefficient (Wildman–Crippen LogP) is 3.49. The topological polar surface area (TPSA) is 44.1 Å². The van der Waals surface area contributed by atoms with Crippen LogP contribution < -0.4 is 0 Å². The second-order valence-electron chi connectivity index (χ2n) is 5.29. The summed E-state index contributed by atoms with van der Waals surface area (Å²) >= 11 is 0. The van der Waals surface area contributed by atoms with Crippen LogP contribution in [0.5, 0.6) is 0 Å². The molecule has 2 aromatic rings. The maximum Gasteiger partial charge on any atom is 0.254 e. The van der Waals surface area contributed by atoms with Gasteiger partial charge in [0.2, 0.25) is 0 Å². The molecule has 3 rings (SSSR count). The van der Waals surface area contributed by atoms with Crippen molar-refractivity contribution in [2.75, 3.05) is 13.1 Å². The fourth-order valence-electron chi connectivity index (χ4n) is 2.64. The molecule has 3 nitrogen and oxygen atoms in total. The first kappa shape index (κ1) is 14.1. The van der Waals surface area contributed by atoms with Gasteiger partial charge in [-0.2, -0.15) is 5.26 Å². The fraction of sp³-hybridized carbons (Fsp3) is 0.158. The molecule has 1 amide bonds. The van der Waals surface area contributed by atoms with Crippen LogP contribution in [0.3, 0.4) is 0 Å². The summed E-state index contributed by atoms with van der Waals surface area (Å²) in [6.07, 6.45) is 2.99. The molecule has 0 unspecified atom stereocenters. The number of rotatable bonds is 2. The molecule has 22 heavy (non-hydrogen) atoms. The molecule has 108 valence electrons. The summed E-state index contributed by atoms with van der Waals surface area (Å²) in [5.41, 5.74) is 3.73. The Morgan fingerprint density at radius 2 is 1.77 bits per heavy atom. The van der Waals surface area contributed by atoms with E-state index >= 15 is 0 Å². The van der Waals surface area contributed by atoms with E-state index in [1.165, 1.54) is 11.1 Å². The van der Waals surface area contributed by atoms with E-state index in [4.69, 9.17) is 5.26 Å². The number of hydrogen-bond acceptors (Lipinski definition) is 2. The maximum atomic E-state index is 12.5. The van der Waals surface area contributed by atoms with E-state index in [1.54, 1.807) is 24.3 Å². The summed E-state index contributed by atoms with van der Waals surface area (Å²) in [6, 6.07) is 19.1. The lowest BCUT2D eigenvalue weighted by Gasteiger charge is -2.26. The third-order valence-electron chi connectivity index (χ3n) is 3.90. The highest BCUT2D eigenvalue weighted by Crippen LogP contribution is 2.22. The Balaban J connectivity index is 1.71. The number of benzene rings is 2. The van der Waals surface area contributed by atoms with Crippen molar-refractivity contribution < 1.29 is 4.79 Å². The molecule has 0 spiro atoms. The lowest BCUT2D eigenvalue weighted by molar-refractivity contribution is 0.0773. The van der Waals surface area contributed by atoms with Crippen LogP contribution >= 0.6 is 0 Å². The fourth-order valence-corrected chi connectivity index (χ4v) is 2.64. The average Bonchev–Trinajstić information content (AvgIpc) is 2.62. The minimum Gasteiger partial charge on any atom is -0.335 e. The van der Waals surface area contributed by atoms with Crippen molar-refractivity contribution in [3.63, 3.8) is 0 Å². The second-order valence-corrected chi connectivity index (χ2v) is 5.29. The van der Waals surface area contributed by atoms with Crippen molar-refractivity contribution in [1.29, 1.82) is 5.26 Å². The Kier molecular flexibility index (Phi) is 4.02. The molecule has 2 aromatic carbocycles. The zero-order chi connectivity index (χ0) is 15.4. The Morgan fingerprint density at radius 3 is 2.36 bits per heavy atom. The summed E-state index contributed by atoms with van der Waals surface area (Å²) in [6.45, 7) is 1.35. The minimum absolute atomic E-state index is 0.0212. The van der Waals surface area contributed by atoms with Gasteiger partial charge in [-0.15, -0.1) is 0 Å². The van der Waals surface area contributed by atoms with Gasteiger partial charge in [0.15, 0.2) is 0 Å². The number of nitrogens with zero attached hydrogens (tertiary/aromatic N) is 2. The molecule has 1 aliphatic heterocycles. The lowest BCUT2D eigenvalue weighted by Crippen LogP contribution is -2.34. The maximum absolute atomic E-state index is 12.5. The van der Waals surface area contributed by atoms with Crippen LogP contribution in [0.25, 0.3) is 5.57 Å². The molecular weight excluding hydrogens is 272 g/mol. The van der Waals surface area contributed by atoms with Crippen molar-refractivity contribution in [2.24, 2.45) is 0 Å². The molecule has 0 radical (unpaired) electrons. The highest BCUT2D eigenvalue weighted by atomic mass is 16.2. The van der Waals surface area contributed by atoms with Crippen LogP contribution in [0.2, 0.25) is 0 Å². The third kappa shape index (κ3) is 2.91. The van der Waals surface area contributed by atoms with Crippen LogP contribution in [0, 0.1) is 11.3 Å². The van der Waals surface area contributed by atoms with Crippen molar-refractivity contribution in [1.82, 2.24) is 4.90 Å². The highest BCUT2D eigenvalue weighted by Gasteiger charge is 2.19. The molecular formula is C19H16N2O. The van der Waals surface area contributed by atoms with Gasteiger partial charge in [0, 0.05) is 18.7 Å². The van der Waals surface area contributed by atoms with E-state index in [-0.39, 0.29) is 5.91 Å². The van der Waals surface area contributed by atoms with Crippen molar-refractivity contribution in [2.45, 2.75) is 6.42 Å². The van der Waals surface area contributed by atoms with Gasteiger partial charge in [-0.3, -0.25) is 4.79 Å². The van der Waals surface area contributed by atoms with Gasteiger partial charge in [0.25, 0.3) is 5.91 Å². The van der Waals surface area contributed by atoms with Crippen molar-refractivity contribution in [3.8, 4) is 6.07 Å². The number of nitriles is 1. The largest absolute Gasteiger partial charge is 0.335 e. The zero-order valence-corrected chi connectivity index (χ0v) is 12.2. The number of amides is 1. The Labute approximate surface area is 130 Å². The molecule has 0 atom stereocenters. The molecule has 0 N–H and O–H groups in total. The number of carbonyl (C=O) groups is 1. The van der Waals surface area contributed by atoms with Gasteiger partial charge in [-0.25, -0.2) is 0 Å². The lowest BCUT2D eigenvalue weighted by atomic mass is 9.99. The Hall–Kier alpha value is -2.86. The molecule has 3 heteroatoms. The molecule has 0 aliphatic carbocycles. The summed E-state index contributed by atoms with van der Waals surface area (Å²) in [7, 11) is 0. The quantitative estimate of drug-likeness (QED) is 0.849. The summed E-state index contributed by atoms with van der Waals surface area (Å²) in [4.78, 5) is 14.3. The van der Waals surface area contributed by atoms with Crippen LogP contribution in [0.1, 0.15) is 27.9 Å². The van der Waals surface area contributed by atoms with Crippen LogP contribution in [0.4, 0.5) is 0 Å². The van der Waals surface area contributed by atoms with E-state index < -0.39 is 0 Å². The van der Waals surface area contributed by atoms with Gasteiger partial charge in [0.1, 0.15) is 0 Å². The number of carbonyl (C=O) groups excluding carboxylic acids is 1. The van der Waals surface area contributed by atoms with Crippen LogP contribution in [-0.4, -0.2) is 23.9 Å². The van der Waals surface area contributed by atoms with E-state index in [1.807, 2.05) is 23.1 Å². The Bertz CT molecular complexity index is 739. The summed E-state index contributed by atoms with van der Waals surface area (Å²) in [5.74, 6) is 0.0212. The monoisotopic (exact) mass is 288 g/mol. The summed E-state index contributed by atoms with van der Waals surface area (Å²) < 4.78 is 0. The van der Waals surface area contributed by atoms with E-state index in [0.29, 0.717) is 17.7 Å².